The molecular formula is C31H38N4O3S. The van der Waals surface area contributed by atoms with Gasteiger partial charge in [-0.2, -0.15) is 0 Å². The Kier molecular flexibility index (Phi) is 9.42. The molecule has 2 atom stereocenters. The zero-order chi connectivity index (χ0) is 27.0. The van der Waals surface area contributed by atoms with Crippen LogP contribution in [0.5, 0.6) is 0 Å². The van der Waals surface area contributed by atoms with Crippen LogP contribution in [-0.2, 0) is 16.1 Å². The van der Waals surface area contributed by atoms with Gasteiger partial charge in [0.1, 0.15) is 0 Å². The van der Waals surface area contributed by atoms with Crippen molar-refractivity contribution in [2.24, 2.45) is 0 Å². The van der Waals surface area contributed by atoms with Crippen LogP contribution in [0.3, 0.4) is 0 Å². The van der Waals surface area contributed by atoms with Gasteiger partial charge in [0.15, 0.2) is 0 Å². The lowest BCUT2D eigenvalue weighted by Crippen LogP contribution is -2.48. The van der Waals surface area contributed by atoms with Crippen molar-refractivity contribution in [3.8, 4) is 0 Å². The number of methoxy groups -OCH3 is 1. The summed E-state index contributed by atoms with van der Waals surface area (Å²) in [6.07, 6.45) is 0.898. The Morgan fingerprint density at radius 1 is 0.949 bits per heavy atom. The number of amides is 2. The first-order valence-electron chi connectivity index (χ1n) is 13.8. The lowest BCUT2D eigenvalue weighted by atomic mass is 9.81. The summed E-state index contributed by atoms with van der Waals surface area (Å²) < 4.78 is 5.32. The van der Waals surface area contributed by atoms with Crippen molar-refractivity contribution in [2.75, 3.05) is 59.5 Å². The predicted molar refractivity (Wildman–Crippen MR) is 155 cm³/mol. The summed E-state index contributed by atoms with van der Waals surface area (Å²) in [6, 6.07) is 21.8. The number of carbonyl (C=O) groups excluding carboxylic acids is 2. The molecule has 1 saturated heterocycles. The van der Waals surface area contributed by atoms with E-state index in [1.807, 2.05) is 46.7 Å². The minimum Gasteiger partial charge on any atom is -0.383 e. The van der Waals surface area contributed by atoms with Crippen LogP contribution in [0.25, 0.3) is 0 Å². The number of carbonyl (C=O) groups is 2. The van der Waals surface area contributed by atoms with E-state index >= 15 is 0 Å². The molecule has 206 valence electrons. The van der Waals surface area contributed by atoms with Crippen molar-refractivity contribution in [3.05, 3.63) is 93.7 Å². The highest BCUT2D eigenvalue weighted by Gasteiger charge is 2.44. The van der Waals surface area contributed by atoms with Gasteiger partial charge in [-0.3, -0.25) is 14.5 Å². The fraction of sp³-hybridized carbons (Fsp3) is 0.419. The van der Waals surface area contributed by atoms with Crippen molar-refractivity contribution >= 4 is 23.2 Å². The highest BCUT2D eigenvalue weighted by Crippen LogP contribution is 2.44. The zero-order valence-corrected chi connectivity index (χ0v) is 23.4. The Morgan fingerprint density at radius 3 is 2.44 bits per heavy atom. The molecule has 0 saturated carbocycles. The van der Waals surface area contributed by atoms with E-state index in [4.69, 9.17) is 4.74 Å². The van der Waals surface area contributed by atoms with E-state index in [9.17, 15) is 9.59 Å². The maximum absolute atomic E-state index is 13.8. The predicted octanol–water partition coefficient (Wildman–Crippen LogP) is 4.00. The summed E-state index contributed by atoms with van der Waals surface area (Å²) >= 11 is 1.59. The van der Waals surface area contributed by atoms with Crippen LogP contribution in [0.15, 0.2) is 72.1 Å². The Balaban J connectivity index is 1.19. The molecular weight excluding hydrogens is 508 g/mol. The number of piperazine rings is 1. The summed E-state index contributed by atoms with van der Waals surface area (Å²) in [5.41, 5.74) is 2.78. The molecule has 7 nitrogen and oxygen atoms in total. The number of hydrogen-bond donors (Lipinski definition) is 1. The van der Waals surface area contributed by atoms with Crippen molar-refractivity contribution in [1.82, 2.24) is 20.0 Å². The fourth-order valence-electron chi connectivity index (χ4n) is 5.72. The van der Waals surface area contributed by atoms with Gasteiger partial charge in [0, 0.05) is 63.4 Å². The highest BCUT2D eigenvalue weighted by atomic mass is 32.1. The zero-order valence-electron chi connectivity index (χ0n) is 22.6. The van der Waals surface area contributed by atoms with Gasteiger partial charge in [-0.1, -0.05) is 54.6 Å². The third-order valence-corrected chi connectivity index (χ3v) is 8.70. The van der Waals surface area contributed by atoms with Gasteiger partial charge >= 0.3 is 0 Å². The average Bonchev–Trinajstić information content (AvgIpc) is 3.51. The maximum atomic E-state index is 13.8. The molecule has 8 heteroatoms. The van der Waals surface area contributed by atoms with Crippen LogP contribution < -0.4 is 5.32 Å². The molecule has 1 aromatic heterocycles. The van der Waals surface area contributed by atoms with Gasteiger partial charge in [-0.05, 0) is 41.6 Å². The molecule has 2 aromatic carbocycles. The summed E-state index contributed by atoms with van der Waals surface area (Å²) in [5.74, 6) is -0.532. The van der Waals surface area contributed by atoms with Crippen LogP contribution in [0.4, 0.5) is 0 Å². The van der Waals surface area contributed by atoms with Crippen LogP contribution in [0.2, 0.25) is 0 Å². The number of nitrogens with one attached hydrogen (secondary N) is 1. The largest absolute Gasteiger partial charge is 0.383 e. The van der Waals surface area contributed by atoms with E-state index in [1.165, 1.54) is 5.56 Å². The lowest BCUT2D eigenvalue weighted by Gasteiger charge is -2.41. The van der Waals surface area contributed by atoms with E-state index in [0.29, 0.717) is 25.3 Å². The van der Waals surface area contributed by atoms with Gasteiger partial charge in [0.25, 0.3) is 5.91 Å². The molecule has 0 radical (unpaired) electrons. The van der Waals surface area contributed by atoms with Crippen LogP contribution in [-0.4, -0.2) is 86.0 Å². The molecule has 0 bridgehead atoms. The van der Waals surface area contributed by atoms with Crippen molar-refractivity contribution in [2.45, 2.75) is 24.9 Å². The van der Waals surface area contributed by atoms with E-state index in [2.05, 4.69) is 45.4 Å². The third-order valence-electron chi connectivity index (χ3n) is 7.76. The Morgan fingerprint density at radius 2 is 1.69 bits per heavy atom. The third kappa shape index (κ3) is 6.58. The van der Waals surface area contributed by atoms with Gasteiger partial charge in [0.2, 0.25) is 5.91 Å². The molecule has 2 aliphatic heterocycles. The van der Waals surface area contributed by atoms with Crippen molar-refractivity contribution in [1.29, 1.82) is 0 Å². The topological polar surface area (TPSA) is 65.1 Å². The number of nitrogens with zero attached hydrogens (tertiary/aromatic N) is 3. The quantitative estimate of drug-likeness (QED) is 0.369. The lowest BCUT2D eigenvalue weighted by molar-refractivity contribution is -0.124. The van der Waals surface area contributed by atoms with Crippen molar-refractivity contribution in [3.63, 3.8) is 0 Å². The second kappa shape index (κ2) is 13.3. The average molecular weight is 547 g/mol. The number of hydrogen-bond acceptors (Lipinski definition) is 6. The molecule has 0 spiro atoms. The molecule has 2 aliphatic rings. The summed E-state index contributed by atoms with van der Waals surface area (Å²) in [5, 5.41) is 5.22. The normalized spacial score (nSPS) is 20.1. The minimum absolute atomic E-state index is 0.0246. The highest BCUT2D eigenvalue weighted by molar-refractivity contribution is 7.10. The molecule has 3 aromatic rings. The summed E-state index contributed by atoms with van der Waals surface area (Å²) in [4.78, 5) is 35.1. The molecule has 3 heterocycles. The van der Waals surface area contributed by atoms with Gasteiger partial charge in [0.05, 0.1) is 18.6 Å². The number of thiophene rings is 1. The van der Waals surface area contributed by atoms with Gasteiger partial charge < -0.3 is 19.9 Å². The van der Waals surface area contributed by atoms with Gasteiger partial charge in [-0.25, -0.2) is 0 Å². The Bertz CT molecular complexity index is 1210. The second-order valence-corrected chi connectivity index (χ2v) is 11.2. The SMILES string of the molecule is COCCN1C(=O)c2ccccc2[C@H](C(=O)NCCCN2CCN(Cc3ccccc3)CC2)[C@@H]1c1cccs1. The number of rotatable bonds is 11. The second-order valence-electron chi connectivity index (χ2n) is 10.3. The van der Waals surface area contributed by atoms with E-state index in [1.54, 1.807) is 18.4 Å². The minimum atomic E-state index is -0.462. The van der Waals surface area contributed by atoms with Crippen LogP contribution in [0, 0.1) is 0 Å². The molecule has 1 N–H and O–H groups in total. The summed E-state index contributed by atoms with van der Waals surface area (Å²) in [6.45, 7) is 7.67. The first-order valence-corrected chi connectivity index (χ1v) is 14.7. The Hall–Kier alpha value is -3.04. The van der Waals surface area contributed by atoms with Crippen molar-refractivity contribution < 1.29 is 14.3 Å². The smallest absolute Gasteiger partial charge is 0.254 e. The number of ether oxygens (including phenoxy) is 1. The number of benzene rings is 2. The monoisotopic (exact) mass is 546 g/mol. The van der Waals surface area contributed by atoms with Crippen LogP contribution in [0.1, 0.15) is 44.7 Å². The van der Waals surface area contributed by atoms with E-state index in [-0.39, 0.29) is 17.9 Å². The van der Waals surface area contributed by atoms with Gasteiger partial charge in [-0.15, -0.1) is 11.3 Å². The maximum Gasteiger partial charge on any atom is 0.254 e. The van der Waals surface area contributed by atoms with E-state index in [0.717, 1.165) is 56.1 Å². The standard InChI is InChI=1S/C31H38N4O3S/c1-38-21-20-35-29(27-13-7-22-39-27)28(25-11-5-6-12-26(25)31(35)37)30(36)32-14-8-15-33-16-18-34(19-17-33)23-24-9-3-2-4-10-24/h2-7,9-13,22,28-29H,8,14-21,23H2,1H3,(H,32,36)/t28-,29-/m0/s1. The molecule has 1 fully saturated rings. The molecule has 39 heavy (non-hydrogen) atoms. The molecule has 5 rings (SSSR count). The first kappa shape index (κ1) is 27.5. The Labute approximate surface area is 235 Å². The fourth-order valence-corrected chi connectivity index (χ4v) is 6.60. The van der Waals surface area contributed by atoms with Crippen LogP contribution >= 0.6 is 11.3 Å². The molecule has 0 unspecified atom stereocenters. The number of fused-ring (bicyclic) bond motifs is 1. The molecule has 2 amide bonds. The first-order chi connectivity index (χ1) is 19.2. The molecule has 0 aliphatic carbocycles. The van der Waals surface area contributed by atoms with E-state index < -0.39 is 5.92 Å². The summed E-state index contributed by atoms with van der Waals surface area (Å²) in [7, 11) is 1.63.